The summed E-state index contributed by atoms with van der Waals surface area (Å²) < 4.78 is 22.9. The van der Waals surface area contributed by atoms with Crippen LogP contribution in [0.15, 0.2) is 58.7 Å². The van der Waals surface area contributed by atoms with Crippen molar-refractivity contribution in [3.05, 3.63) is 59.9 Å². The Balaban J connectivity index is 0.00000338. The second-order valence-corrected chi connectivity index (χ2v) is 7.72. The van der Waals surface area contributed by atoms with Crippen LogP contribution in [0, 0.1) is 0 Å². The van der Waals surface area contributed by atoms with Crippen LogP contribution in [0.3, 0.4) is 0 Å². The zero-order chi connectivity index (χ0) is 18.1. The number of pyridine rings is 1. The maximum absolute atomic E-state index is 11.4. The summed E-state index contributed by atoms with van der Waals surface area (Å²) in [5.74, 6) is 0.747. The van der Waals surface area contributed by atoms with Crippen molar-refractivity contribution < 1.29 is 8.42 Å². The Morgan fingerprint density at radius 3 is 2.15 bits per heavy atom. The van der Waals surface area contributed by atoms with Gasteiger partial charge in [-0.3, -0.25) is 9.98 Å². The van der Waals surface area contributed by atoms with E-state index < -0.39 is 9.84 Å². The molecule has 0 saturated heterocycles. The number of guanidine groups is 1. The number of aliphatic imine (C=N–C) groups is 1. The molecule has 26 heavy (non-hydrogen) atoms. The summed E-state index contributed by atoms with van der Waals surface area (Å²) in [6.45, 7) is 1.49. The van der Waals surface area contributed by atoms with E-state index in [1.807, 2.05) is 30.5 Å². The molecule has 0 aliphatic carbocycles. The van der Waals surface area contributed by atoms with Crippen molar-refractivity contribution in [3.63, 3.8) is 0 Å². The molecular formula is C18H25IN4O2S. The van der Waals surface area contributed by atoms with Crippen LogP contribution in [0.1, 0.15) is 11.1 Å². The summed E-state index contributed by atoms with van der Waals surface area (Å²) in [6.07, 6.45) is 6.50. The lowest BCUT2D eigenvalue weighted by atomic mass is 10.1. The Bertz CT molecular complexity index is 794. The molecule has 0 spiro atoms. The van der Waals surface area contributed by atoms with Crippen LogP contribution in [-0.2, 0) is 22.7 Å². The van der Waals surface area contributed by atoms with Gasteiger partial charge < -0.3 is 10.6 Å². The number of hydrogen-bond acceptors (Lipinski definition) is 4. The van der Waals surface area contributed by atoms with Gasteiger partial charge in [0.1, 0.15) is 0 Å². The summed E-state index contributed by atoms with van der Waals surface area (Å²) in [4.78, 5) is 8.64. The quantitative estimate of drug-likeness (QED) is 0.354. The summed E-state index contributed by atoms with van der Waals surface area (Å²) >= 11 is 0. The normalized spacial score (nSPS) is 11.5. The van der Waals surface area contributed by atoms with Crippen LogP contribution in [0.2, 0.25) is 0 Å². The minimum absolute atomic E-state index is 0. The Hall–Kier alpha value is -1.68. The van der Waals surface area contributed by atoms with Crippen molar-refractivity contribution in [3.8, 4) is 0 Å². The van der Waals surface area contributed by atoms with E-state index in [1.54, 1.807) is 25.4 Å². The van der Waals surface area contributed by atoms with Gasteiger partial charge in [-0.05, 0) is 42.2 Å². The van der Waals surface area contributed by atoms with Gasteiger partial charge in [0.15, 0.2) is 15.8 Å². The van der Waals surface area contributed by atoms with E-state index in [9.17, 15) is 8.42 Å². The van der Waals surface area contributed by atoms with E-state index in [1.165, 1.54) is 11.8 Å². The third-order valence-corrected chi connectivity index (χ3v) is 4.84. The van der Waals surface area contributed by atoms with Crippen LogP contribution in [0.4, 0.5) is 0 Å². The van der Waals surface area contributed by atoms with Gasteiger partial charge in [0.05, 0.1) is 4.90 Å². The first kappa shape index (κ1) is 22.4. The van der Waals surface area contributed by atoms with Gasteiger partial charge in [0.2, 0.25) is 0 Å². The number of aromatic nitrogens is 1. The van der Waals surface area contributed by atoms with Gasteiger partial charge in [-0.25, -0.2) is 8.42 Å². The van der Waals surface area contributed by atoms with Crippen LogP contribution in [-0.4, -0.2) is 45.8 Å². The minimum Gasteiger partial charge on any atom is -0.356 e. The largest absolute Gasteiger partial charge is 0.356 e. The Morgan fingerprint density at radius 1 is 1.04 bits per heavy atom. The van der Waals surface area contributed by atoms with Crippen LogP contribution < -0.4 is 10.6 Å². The molecule has 1 aromatic heterocycles. The molecule has 8 heteroatoms. The predicted octanol–water partition coefficient (Wildman–Crippen LogP) is 2.05. The molecule has 2 rings (SSSR count). The monoisotopic (exact) mass is 488 g/mol. The third kappa shape index (κ3) is 7.69. The second kappa shape index (κ2) is 11.1. The number of sulfone groups is 1. The Morgan fingerprint density at radius 2 is 1.65 bits per heavy atom. The summed E-state index contributed by atoms with van der Waals surface area (Å²) in [5, 5.41) is 6.52. The number of rotatable bonds is 7. The molecule has 142 valence electrons. The fourth-order valence-electron chi connectivity index (χ4n) is 2.32. The highest BCUT2D eigenvalue weighted by atomic mass is 127. The maximum Gasteiger partial charge on any atom is 0.190 e. The molecule has 2 aromatic rings. The third-order valence-electron chi connectivity index (χ3n) is 3.71. The average Bonchev–Trinajstić information content (AvgIpc) is 2.61. The number of nitrogens with one attached hydrogen (secondary N) is 2. The summed E-state index contributed by atoms with van der Waals surface area (Å²) in [5.41, 5.74) is 2.25. The van der Waals surface area contributed by atoms with Crippen molar-refractivity contribution in [2.24, 2.45) is 4.99 Å². The molecule has 0 radical (unpaired) electrons. The molecule has 0 fully saturated rings. The lowest BCUT2D eigenvalue weighted by Gasteiger charge is -2.12. The zero-order valence-corrected chi connectivity index (χ0v) is 18.1. The van der Waals surface area contributed by atoms with Crippen molar-refractivity contribution in [1.29, 1.82) is 0 Å². The molecule has 0 atom stereocenters. The Kier molecular flexibility index (Phi) is 9.57. The lowest BCUT2D eigenvalue weighted by Crippen LogP contribution is -2.39. The average molecular weight is 488 g/mol. The number of nitrogens with zero attached hydrogens (tertiary/aromatic N) is 2. The summed E-state index contributed by atoms with van der Waals surface area (Å²) in [6, 6.07) is 11.0. The molecule has 0 aliphatic rings. The fraction of sp³-hybridized carbons (Fsp3) is 0.333. The topological polar surface area (TPSA) is 83.5 Å². The molecule has 0 amide bonds. The van der Waals surface area contributed by atoms with E-state index in [0.29, 0.717) is 11.4 Å². The van der Waals surface area contributed by atoms with Crippen molar-refractivity contribution in [2.45, 2.75) is 17.7 Å². The molecular weight excluding hydrogens is 463 g/mol. The van der Waals surface area contributed by atoms with Crippen molar-refractivity contribution >= 4 is 39.8 Å². The maximum atomic E-state index is 11.4. The highest BCUT2D eigenvalue weighted by molar-refractivity contribution is 14.0. The first-order chi connectivity index (χ1) is 12.0. The van der Waals surface area contributed by atoms with Gasteiger partial charge in [-0.2, -0.15) is 0 Å². The first-order valence-corrected chi connectivity index (χ1v) is 10.0. The van der Waals surface area contributed by atoms with E-state index in [0.717, 1.165) is 30.9 Å². The highest BCUT2D eigenvalue weighted by Crippen LogP contribution is 2.10. The van der Waals surface area contributed by atoms with E-state index in [4.69, 9.17) is 0 Å². The molecule has 6 nitrogen and oxygen atoms in total. The van der Waals surface area contributed by atoms with Gasteiger partial charge in [0, 0.05) is 38.8 Å². The van der Waals surface area contributed by atoms with Crippen LogP contribution >= 0.6 is 24.0 Å². The number of halogens is 1. The molecule has 1 heterocycles. The first-order valence-electron chi connectivity index (χ1n) is 8.11. The molecule has 0 saturated carbocycles. The number of benzene rings is 1. The summed E-state index contributed by atoms with van der Waals surface area (Å²) in [7, 11) is -1.40. The molecule has 1 aromatic carbocycles. The Labute approximate surface area is 172 Å². The van der Waals surface area contributed by atoms with Crippen molar-refractivity contribution in [1.82, 2.24) is 15.6 Å². The van der Waals surface area contributed by atoms with Gasteiger partial charge >= 0.3 is 0 Å². The minimum atomic E-state index is -3.14. The van der Waals surface area contributed by atoms with E-state index >= 15 is 0 Å². The SMILES string of the molecule is CN=C(NCCc1ccc(S(C)(=O)=O)cc1)NCCc1cccnc1.I. The molecule has 0 aliphatic heterocycles. The molecule has 0 unspecified atom stereocenters. The smallest absolute Gasteiger partial charge is 0.190 e. The lowest BCUT2D eigenvalue weighted by molar-refractivity contribution is 0.602. The number of hydrogen-bond donors (Lipinski definition) is 2. The van der Waals surface area contributed by atoms with Crippen LogP contribution in [0.5, 0.6) is 0 Å². The molecule has 0 bridgehead atoms. The predicted molar refractivity (Wildman–Crippen MR) is 116 cm³/mol. The van der Waals surface area contributed by atoms with Crippen LogP contribution in [0.25, 0.3) is 0 Å². The standard InChI is InChI=1S/C18H24N4O2S.HI/c1-19-18(22-13-10-16-4-3-11-20-14-16)21-12-9-15-5-7-17(8-6-15)25(2,23)24;/h3-8,11,14H,9-10,12-13H2,1-2H3,(H2,19,21,22);1H. The zero-order valence-electron chi connectivity index (χ0n) is 15.0. The highest BCUT2D eigenvalue weighted by Gasteiger charge is 2.06. The van der Waals surface area contributed by atoms with E-state index in [2.05, 4.69) is 20.6 Å². The van der Waals surface area contributed by atoms with E-state index in [-0.39, 0.29) is 24.0 Å². The van der Waals surface area contributed by atoms with Gasteiger partial charge in [-0.1, -0.05) is 18.2 Å². The molecule has 2 N–H and O–H groups in total. The second-order valence-electron chi connectivity index (χ2n) is 5.70. The van der Waals surface area contributed by atoms with Gasteiger partial charge in [-0.15, -0.1) is 24.0 Å². The van der Waals surface area contributed by atoms with Gasteiger partial charge in [0.25, 0.3) is 0 Å². The van der Waals surface area contributed by atoms with Crippen molar-refractivity contribution in [2.75, 3.05) is 26.4 Å². The fourth-order valence-corrected chi connectivity index (χ4v) is 2.95.